The normalized spacial score (nSPS) is 10.4. The van der Waals surface area contributed by atoms with E-state index in [1.54, 1.807) is 13.1 Å². The smallest absolute Gasteiger partial charge is 0.271 e. The summed E-state index contributed by atoms with van der Waals surface area (Å²) in [6, 6.07) is 11.6. The van der Waals surface area contributed by atoms with Crippen molar-refractivity contribution in [3.05, 3.63) is 53.3 Å². The van der Waals surface area contributed by atoms with Gasteiger partial charge < -0.3 is 10.4 Å². The van der Waals surface area contributed by atoms with Gasteiger partial charge in [-0.25, -0.2) is 0 Å². The summed E-state index contributed by atoms with van der Waals surface area (Å²) in [5, 5.41) is 15.9. The fourth-order valence-electron chi connectivity index (χ4n) is 1.82. The Morgan fingerprint density at radius 3 is 2.74 bits per heavy atom. The van der Waals surface area contributed by atoms with Crippen molar-refractivity contribution < 1.29 is 9.90 Å². The summed E-state index contributed by atoms with van der Waals surface area (Å²) < 4.78 is 1.51. The van der Waals surface area contributed by atoms with Crippen LogP contribution in [0.25, 0.3) is 0 Å². The van der Waals surface area contributed by atoms with E-state index >= 15 is 0 Å². The van der Waals surface area contributed by atoms with Gasteiger partial charge in [0.15, 0.2) is 5.69 Å². The highest BCUT2D eigenvalue weighted by atomic mass is 16.3. The second kappa shape index (κ2) is 6.15. The number of aliphatic hydroxyl groups is 1. The highest BCUT2D eigenvalue weighted by Gasteiger charge is 2.11. The van der Waals surface area contributed by atoms with E-state index in [1.165, 1.54) is 10.2 Å². The number of nitrogens with one attached hydrogen (secondary N) is 1. The molecular formula is C14H17N3O2. The molecule has 19 heavy (non-hydrogen) atoms. The fraction of sp³-hybridized carbons (Fsp3) is 0.286. The van der Waals surface area contributed by atoms with Crippen molar-refractivity contribution in [3.63, 3.8) is 0 Å². The minimum Gasteiger partial charge on any atom is -0.390 e. The molecule has 1 amide bonds. The highest BCUT2D eigenvalue weighted by molar-refractivity contribution is 5.92. The van der Waals surface area contributed by atoms with Crippen LogP contribution < -0.4 is 5.32 Å². The topological polar surface area (TPSA) is 67.2 Å². The van der Waals surface area contributed by atoms with Crippen molar-refractivity contribution >= 4 is 5.91 Å². The molecule has 0 unspecified atom stereocenters. The van der Waals surface area contributed by atoms with Gasteiger partial charge in [0.1, 0.15) is 0 Å². The molecule has 0 radical (unpaired) electrons. The summed E-state index contributed by atoms with van der Waals surface area (Å²) in [4.78, 5) is 11.8. The molecule has 2 aromatic rings. The Morgan fingerprint density at radius 2 is 2.11 bits per heavy atom. The van der Waals surface area contributed by atoms with E-state index in [-0.39, 0.29) is 12.5 Å². The van der Waals surface area contributed by atoms with E-state index < -0.39 is 0 Å². The highest BCUT2D eigenvalue weighted by Crippen LogP contribution is 2.03. The summed E-state index contributed by atoms with van der Waals surface area (Å²) >= 11 is 0. The summed E-state index contributed by atoms with van der Waals surface area (Å²) in [7, 11) is 1.70. The van der Waals surface area contributed by atoms with Crippen molar-refractivity contribution in [2.24, 2.45) is 7.05 Å². The van der Waals surface area contributed by atoms with Crippen molar-refractivity contribution in [1.29, 1.82) is 0 Å². The Balaban J connectivity index is 1.87. The molecule has 2 rings (SSSR count). The molecule has 0 saturated heterocycles. The van der Waals surface area contributed by atoms with Gasteiger partial charge in [-0.05, 0) is 18.1 Å². The van der Waals surface area contributed by atoms with Crippen LogP contribution >= 0.6 is 0 Å². The lowest BCUT2D eigenvalue weighted by molar-refractivity contribution is 0.0948. The molecule has 0 saturated carbocycles. The lowest BCUT2D eigenvalue weighted by Crippen LogP contribution is -2.26. The van der Waals surface area contributed by atoms with Crippen molar-refractivity contribution in [2.75, 3.05) is 6.54 Å². The Bertz CT molecular complexity index is 549. The SMILES string of the molecule is Cn1nc(C(=O)NCCc2ccccc2)cc1CO. The van der Waals surface area contributed by atoms with Gasteiger partial charge in [0.2, 0.25) is 0 Å². The largest absolute Gasteiger partial charge is 0.390 e. The molecule has 0 bridgehead atoms. The quantitative estimate of drug-likeness (QED) is 0.837. The lowest BCUT2D eigenvalue weighted by atomic mass is 10.1. The molecule has 0 atom stereocenters. The van der Waals surface area contributed by atoms with Crippen LogP contribution in [0.1, 0.15) is 21.7 Å². The molecule has 5 heteroatoms. The number of benzene rings is 1. The molecule has 0 aliphatic carbocycles. The molecule has 1 aromatic heterocycles. The number of aromatic nitrogens is 2. The standard InChI is InChI=1S/C14H17N3O2/c1-17-12(10-18)9-13(16-17)14(19)15-8-7-11-5-3-2-4-6-11/h2-6,9,18H,7-8,10H2,1H3,(H,15,19). The second-order valence-corrected chi connectivity index (χ2v) is 4.29. The van der Waals surface area contributed by atoms with E-state index in [9.17, 15) is 4.79 Å². The molecule has 0 aliphatic heterocycles. The van der Waals surface area contributed by atoms with Crippen LogP contribution in [0.4, 0.5) is 0 Å². The van der Waals surface area contributed by atoms with Crippen LogP contribution in [0.5, 0.6) is 0 Å². The lowest BCUT2D eigenvalue weighted by Gasteiger charge is -2.03. The third-order valence-electron chi connectivity index (χ3n) is 2.91. The minimum atomic E-state index is -0.216. The van der Waals surface area contributed by atoms with E-state index in [0.29, 0.717) is 17.9 Å². The third kappa shape index (κ3) is 3.42. The predicted molar refractivity (Wildman–Crippen MR) is 71.6 cm³/mol. The number of carbonyl (C=O) groups excluding carboxylic acids is 1. The number of hydrogen-bond donors (Lipinski definition) is 2. The molecular weight excluding hydrogens is 242 g/mol. The van der Waals surface area contributed by atoms with Crippen LogP contribution in [0.2, 0.25) is 0 Å². The Labute approximate surface area is 111 Å². The van der Waals surface area contributed by atoms with Crippen LogP contribution in [0, 0.1) is 0 Å². The first-order chi connectivity index (χ1) is 9.20. The number of amides is 1. The van der Waals surface area contributed by atoms with Crippen molar-refractivity contribution in [2.45, 2.75) is 13.0 Å². The van der Waals surface area contributed by atoms with Gasteiger partial charge in [-0.1, -0.05) is 30.3 Å². The van der Waals surface area contributed by atoms with Crippen LogP contribution in [-0.4, -0.2) is 27.3 Å². The van der Waals surface area contributed by atoms with Gasteiger partial charge in [0.25, 0.3) is 5.91 Å². The first-order valence-corrected chi connectivity index (χ1v) is 6.16. The zero-order valence-corrected chi connectivity index (χ0v) is 10.8. The molecule has 0 fully saturated rings. The van der Waals surface area contributed by atoms with E-state index in [4.69, 9.17) is 5.11 Å². The molecule has 0 spiro atoms. The van der Waals surface area contributed by atoms with Gasteiger partial charge in [-0.2, -0.15) is 5.10 Å². The molecule has 0 aliphatic rings. The number of rotatable bonds is 5. The summed E-state index contributed by atoms with van der Waals surface area (Å²) in [5.74, 6) is -0.216. The fourth-order valence-corrected chi connectivity index (χ4v) is 1.82. The average molecular weight is 259 g/mol. The number of aliphatic hydroxyl groups excluding tert-OH is 1. The molecule has 1 aromatic carbocycles. The summed E-state index contributed by atoms with van der Waals surface area (Å²) in [6.07, 6.45) is 0.784. The molecule has 5 nitrogen and oxygen atoms in total. The minimum absolute atomic E-state index is 0.124. The first-order valence-electron chi connectivity index (χ1n) is 6.16. The summed E-state index contributed by atoms with van der Waals surface area (Å²) in [6.45, 7) is 0.439. The summed E-state index contributed by atoms with van der Waals surface area (Å²) in [5.41, 5.74) is 2.13. The second-order valence-electron chi connectivity index (χ2n) is 4.29. The Kier molecular flexibility index (Phi) is 4.30. The number of hydrogen-bond acceptors (Lipinski definition) is 3. The first kappa shape index (κ1) is 13.3. The van der Waals surface area contributed by atoms with Crippen LogP contribution in [0.15, 0.2) is 36.4 Å². The number of nitrogens with zero attached hydrogens (tertiary/aromatic N) is 2. The van der Waals surface area contributed by atoms with Gasteiger partial charge in [0, 0.05) is 13.6 Å². The monoisotopic (exact) mass is 259 g/mol. The third-order valence-corrected chi connectivity index (χ3v) is 2.91. The maximum atomic E-state index is 11.8. The zero-order chi connectivity index (χ0) is 13.7. The number of carbonyl (C=O) groups is 1. The van der Waals surface area contributed by atoms with Gasteiger partial charge in [0.05, 0.1) is 12.3 Å². The van der Waals surface area contributed by atoms with Crippen molar-refractivity contribution in [1.82, 2.24) is 15.1 Å². The average Bonchev–Trinajstić information content (AvgIpc) is 2.81. The van der Waals surface area contributed by atoms with Crippen molar-refractivity contribution in [3.8, 4) is 0 Å². The Hall–Kier alpha value is -2.14. The van der Waals surface area contributed by atoms with Gasteiger partial charge in [-0.15, -0.1) is 0 Å². The molecule has 2 N–H and O–H groups in total. The molecule has 1 heterocycles. The maximum absolute atomic E-state index is 11.8. The van der Waals surface area contributed by atoms with E-state index in [2.05, 4.69) is 10.4 Å². The Morgan fingerprint density at radius 1 is 1.37 bits per heavy atom. The van der Waals surface area contributed by atoms with Crippen LogP contribution in [0.3, 0.4) is 0 Å². The van der Waals surface area contributed by atoms with Gasteiger partial charge >= 0.3 is 0 Å². The van der Waals surface area contributed by atoms with E-state index in [0.717, 1.165) is 6.42 Å². The number of aryl methyl sites for hydroxylation is 1. The molecule has 100 valence electrons. The van der Waals surface area contributed by atoms with E-state index in [1.807, 2.05) is 30.3 Å². The van der Waals surface area contributed by atoms with Crippen LogP contribution in [-0.2, 0) is 20.1 Å². The predicted octanol–water partition coefficient (Wildman–Crippen LogP) is 0.885. The van der Waals surface area contributed by atoms with Gasteiger partial charge in [-0.3, -0.25) is 9.48 Å². The maximum Gasteiger partial charge on any atom is 0.271 e. The zero-order valence-electron chi connectivity index (χ0n) is 10.8.